The Bertz CT molecular complexity index is 712. The summed E-state index contributed by atoms with van der Waals surface area (Å²) in [5, 5.41) is 6.94. The smallest absolute Gasteiger partial charge is 0.191 e. The van der Waals surface area contributed by atoms with E-state index in [1.165, 1.54) is 0 Å². The Kier molecular flexibility index (Phi) is 7.57. The van der Waals surface area contributed by atoms with Crippen LogP contribution in [-0.2, 0) is 6.54 Å². The number of guanidine groups is 1. The van der Waals surface area contributed by atoms with E-state index < -0.39 is 0 Å². The molecular formula is C17H20ClIN4O2. The molecule has 1 unspecified atom stereocenters. The number of rotatable bonds is 4. The highest BCUT2D eigenvalue weighted by Crippen LogP contribution is 2.30. The zero-order valence-corrected chi connectivity index (χ0v) is 16.8. The summed E-state index contributed by atoms with van der Waals surface area (Å²) in [5.74, 6) is 2.24. The molecular weight excluding hydrogens is 455 g/mol. The van der Waals surface area contributed by atoms with Crippen LogP contribution in [0, 0.1) is 0 Å². The van der Waals surface area contributed by atoms with Gasteiger partial charge in [-0.25, -0.2) is 4.98 Å². The van der Waals surface area contributed by atoms with Crippen LogP contribution in [0.4, 0.5) is 0 Å². The molecule has 0 radical (unpaired) electrons. The summed E-state index contributed by atoms with van der Waals surface area (Å²) in [5.41, 5.74) is 1.02. The molecule has 0 fully saturated rings. The van der Waals surface area contributed by atoms with Crippen molar-refractivity contribution >= 4 is 41.5 Å². The normalized spacial score (nSPS) is 15.9. The fraction of sp³-hybridized carbons (Fsp3) is 0.294. The van der Waals surface area contributed by atoms with Crippen molar-refractivity contribution in [3.05, 3.63) is 53.3 Å². The van der Waals surface area contributed by atoms with Crippen molar-refractivity contribution in [2.75, 3.05) is 20.2 Å². The third-order valence-corrected chi connectivity index (χ3v) is 3.76. The number of nitrogens with zero attached hydrogens (tertiary/aromatic N) is 2. The SMILES string of the molecule is CN=C(NCc1ccc(Cl)nc1)NCC1COc2ccccc2O1.I. The van der Waals surface area contributed by atoms with Crippen molar-refractivity contribution in [3.63, 3.8) is 0 Å². The highest BCUT2D eigenvalue weighted by molar-refractivity contribution is 14.0. The van der Waals surface area contributed by atoms with Crippen molar-refractivity contribution < 1.29 is 9.47 Å². The third kappa shape index (κ3) is 5.64. The van der Waals surface area contributed by atoms with Gasteiger partial charge in [-0.2, -0.15) is 0 Å². The Morgan fingerprint density at radius 1 is 1.24 bits per heavy atom. The molecule has 25 heavy (non-hydrogen) atoms. The minimum atomic E-state index is -0.0735. The summed E-state index contributed by atoms with van der Waals surface area (Å²) in [7, 11) is 1.73. The van der Waals surface area contributed by atoms with Crippen LogP contribution in [0.3, 0.4) is 0 Å². The summed E-state index contributed by atoms with van der Waals surface area (Å²) < 4.78 is 11.6. The van der Waals surface area contributed by atoms with Crippen LogP contribution >= 0.6 is 35.6 Å². The minimum Gasteiger partial charge on any atom is -0.486 e. The van der Waals surface area contributed by atoms with Crippen molar-refractivity contribution in [1.82, 2.24) is 15.6 Å². The van der Waals surface area contributed by atoms with Crippen molar-refractivity contribution in [3.8, 4) is 11.5 Å². The fourth-order valence-corrected chi connectivity index (χ4v) is 2.40. The van der Waals surface area contributed by atoms with E-state index in [4.69, 9.17) is 21.1 Å². The Morgan fingerprint density at radius 2 is 2.04 bits per heavy atom. The number of aromatic nitrogens is 1. The summed E-state index contributed by atoms with van der Waals surface area (Å²) >= 11 is 5.78. The van der Waals surface area contributed by atoms with E-state index >= 15 is 0 Å². The van der Waals surface area contributed by atoms with Gasteiger partial charge in [-0.05, 0) is 23.8 Å². The van der Waals surface area contributed by atoms with E-state index in [1.54, 1.807) is 19.3 Å². The maximum atomic E-state index is 5.91. The van der Waals surface area contributed by atoms with E-state index in [1.807, 2.05) is 30.3 Å². The molecule has 134 valence electrons. The number of ether oxygens (including phenoxy) is 2. The van der Waals surface area contributed by atoms with Gasteiger partial charge in [0.25, 0.3) is 0 Å². The van der Waals surface area contributed by atoms with E-state index in [-0.39, 0.29) is 30.1 Å². The van der Waals surface area contributed by atoms with Crippen molar-refractivity contribution in [2.24, 2.45) is 4.99 Å². The molecule has 6 nitrogen and oxygen atoms in total. The first-order valence-electron chi connectivity index (χ1n) is 7.68. The molecule has 2 N–H and O–H groups in total. The molecule has 3 rings (SSSR count). The number of hydrogen-bond acceptors (Lipinski definition) is 4. The molecule has 1 aromatic carbocycles. The van der Waals surface area contributed by atoms with Gasteiger partial charge in [0.15, 0.2) is 17.5 Å². The number of benzene rings is 1. The number of para-hydroxylation sites is 2. The predicted molar refractivity (Wildman–Crippen MR) is 109 cm³/mol. The molecule has 0 spiro atoms. The largest absolute Gasteiger partial charge is 0.486 e. The molecule has 0 aliphatic carbocycles. The second-order valence-corrected chi connectivity index (χ2v) is 5.68. The number of fused-ring (bicyclic) bond motifs is 1. The summed E-state index contributed by atoms with van der Waals surface area (Å²) in [4.78, 5) is 8.25. The maximum absolute atomic E-state index is 5.91. The molecule has 0 saturated carbocycles. The topological polar surface area (TPSA) is 67.8 Å². The standard InChI is InChI=1S/C17H19ClN4O2.HI/c1-19-17(21-9-12-6-7-16(18)20-8-12)22-10-13-11-23-14-4-2-3-5-15(14)24-13;/h2-8,13H,9-11H2,1H3,(H2,19,21,22);1H. The quantitative estimate of drug-likeness (QED) is 0.309. The Labute approximate surface area is 169 Å². The average molecular weight is 475 g/mol. The number of nitrogens with one attached hydrogen (secondary N) is 2. The van der Waals surface area contributed by atoms with Crippen LogP contribution in [0.2, 0.25) is 5.15 Å². The number of halogens is 2. The van der Waals surface area contributed by atoms with Crippen LogP contribution in [0.25, 0.3) is 0 Å². The molecule has 1 atom stereocenters. The summed E-state index contributed by atoms with van der Waals surface area (Å²) in [6, 6.07) is 11.3. The predicted octanol–water partition coefficient (Wildman–Crippen LogP) is 2.86. The van der Waals surface area contributed by atoms with Gasteiger partial charge in [0.2, 0.25) is 0 Å². The van der Waals surface area contributed by atoms with Crippen LogP contribution in [0.15, 0.2) is 47.6 Å². The first-order valence-corrected chi connectivity index (χ1v) is 8.06. The lowest BCUT2D eigenvalue weighted by Crippen LogP contribution is -2.45. The molecule has 1 aliphatic heterocycles. The Morgan fingerprint density at radius 3 is 2.76 bits per heavy atom. The molecule has 1 aliphatic rings. The number of hydrogen-bond donors (Lipinski definition) is 2. The zero-order chi connectivity index (χ0) is 16.8. The van der Waals surface area contributed by atoms with E-state index in [2.05, 4.69) is 20.6 Å². The number of aliphatic imine (C=N–C) groups is 1. The van der Waals surface area contributed by atoms with Crippen LogP contribution in [-0.4, -0.2) is 37.2 Å². The molecule has 2 aromatic rings. The lowest BCUT2D eigenvalue weighted by molar-refractivity contribution is 0.0936. The van der Waals surface area contributed by atoms with Gasteiger partial charge < -0.3 is 20.1 Å². The van der Waals surface area contributed by atoms with Gasteiger partial charge in [-0.1, -0.05) is 29.8 Å². The Balaban J connectivity index is 0.00000225. The van der Waals surface area contributed by atoms with Crippen LogP contribution in [0.1, 0.15) is 5.56 Å². The highest BCUT2D eigenvalue weighted by atomic mass is 127. The lowest BCUT2D eigenvalue weighted by Gasteiger charge is -2.27. The first kappa shape index (κ1) is 19.6. The van der Waals surface area contributed by atoms with Gasteiger partial charge in [0, 0.05) is 19.8 Å². The highest BCUT2D eigenvalue weighted by Gasteiger charge is 2.20. The van der Waals surface area contributed by atoms with Crippen LogP contribution < -0.4 is 20.1 Å². The number of pyridine rings is 1. The molecule has 0 bridgehead atoms. The molecule has 0 amide bonds. The summed E-state index contributed by atoms with van der Waals surface area (Å²) in [6.07, 6.45) is 1.66. The molecule has 2 heterocycles. The second kappa shape index (κ2) is 9.67. The first-order chi connectivity index (χ1) is 11.7. The van der Waals surface area contributed by atoms with Gasteiger partial charge in [0.05, 0.1) is 6.54 Å². The third-order valence-electron chi connectivity index (χ3n) is 3.54. The Hall–Kier alpha value is -1.74. The van der Waals surface area contributed by atoms with E-state index in [0.29, 0.717) is 30.8 Å². The lowest BCUT2D eigenvalue weighted by atomic mass is 10.2. The van der Waals surface area contributed by atoms with Crippen molar-refractivity contribution in [2.45, 2.75) is 12.6 Å². The van der Waals surface area contributed by atoms with E-state index in [0.717, 1.165) is 17.1 Å². The minimum absolute atomic E-state index is 0. The van der Waals surface area contributed by atoms with Gasteiger partial charge in [-0.15, -0.1) is 24.0 Å². The van der Waals surface area contributed by atoms with Crippen LogP contribution in [0.5, 0.6) is 11.5 Å². The maximum Gasteiger partial charge on any atom is 0.191 e. The monoisotopic (exact) mass is 474 g/mol. The summed E-state index contributed by atoms with van der Waals surface area (Å²) in [6.45, 7) is 1.70. The molecule has 8 heteroatoms. The van der Waals surface area contributed by atoms with Gasteiger partial charge >= 0.3 is 0 Å². The fourth-order valence-electron chi connectivity index (χ4n) is 2.29. The van der Waals surface area contributed by atoms with Gasteiger partial charge in [0.1, 0.15) is 17.9 Å². The zero-order valence-electron chi connectivity index (χ0n) is 13.7. The van der Waals surface area contributed by atoms with E-state index in [9.17, 15) is 0 Å². The molecule has 0 saturated heterocycles. The van der Waals surface area contributed by atoms with Gasteiger partial charge in [-0.3, -0.25) is 4.99 Å². The molecule has 1 aromatic heterocycles. The average Bonchev–Trinajstić information content (AvgIpc) is 2.63. The van der Waals surface area contributed by atoms with Crippen molar-refractivity contribution in [1.29, 1.82) is 0 Å². The second-order valence-electron chi connectivity index (χ2n) is 5.29.